The number of nitro groups is 1. The van der Waals surface area contributed by atoms with Crippen molar-refractivity contribution in [3.63, 3.8) is 0 Å². The molecule has 3 rings (SSSR count). The summed E-state index contributed by atoms with van der Waals surface area (Å²) in [5.41, 5.74) is 3.21. The van der Waals surface area contributed by atoms with E-state index in [2.05, 4.69) is 29.6 Å². The van der Waals surface area contributed by atoms with Gasteiger partial charge >= 0.3 is 0 Å². The second-order valence-electron chi connectivity index (χ2n) is 6.90. The Bertz CT molecular complexity index is 960. The van der Waals surface area contributed by atoms with E-state index >= 15 is 0 Å². The van der Waals surface area contributed by atoms with Crippen LogP contribution >= 0.6 is 11.6 Å². The number of H-pyrrole nitrogens is 1. The summed E-state index contributed by atoms with van der Waals surface area (Å²) in [7, 11) is -1.75. The van der Waals surface area contributed by atoms with Crippen LogP contribution in [0.2, 0.25) is 24.7 Å². The van der Waals surface area contributed by atoms with Gasteiger partial charge in [0.15, 0.2) is 0 Å². The van der Waals surface area contributed by atoms with Gasteiger partial charge in [-0.3, -0.25) is 10.1 Å². The van der Waals surface area contributed by atoms with Crippen LogP contribution in [0.1, 0.15) is 5.56 Å². The first-order valence-corrected chi connectivity index (χ1v) is 11.5. The summed E-state index contributed by atoms with van der Waals surface area (Å²) in [5.74, 6) is 0. The average Bonchev–Trinajstić information content (AvgIpc) is 2.88. The van der Waals surface area contributed by atoms with Crippen molar-refractivity contribution in [3.8, 4) is 11.1 Å². The van der Waals surface area contributed by atoms with Crippen molar-refractivity contribution in [3.05, 3.63) is 51.2 Å². The maximum atomic E-state index is 11.3. The van der Waals surface area contributed by atoms with Crippen molar-refractivity contribution in [1.29, 1.82) is 0 Å². The molecule has 2 aromatic heterocycles. The number of fused-ring (bicyclic) bond motifs is 1. The number of halogens is 1. The fourth-order valence-electron chi connectivity index (χ4n) is 2.89. The van der Waals surface area contributed by atoms with Crippen LogP contribution in [0.3, 0.4) is 0 Å². The third-order valence-corrected chi connectivity index (χ3v) is 6.28. The van der Waals surface area contributed by atoms with E-state index in [0.717, 1.165) is 27.5 Å². The summed E-state index contributed by atoms with van der Waals surface area (Å²) in [4.78, 5) is 18.8. The van der Waals surface area contributed by atoms with E-state index in [1.807, 2.05) is 6.07 Å². The third-order valence-electron chi connectivity index (χ3n) is 4.09. The number of hydrogen-bond donors (Lipinski definition) is 1. The molecule has 3 aromatic rings. The van der Waals surface area contributed by atoms with E-state index in [1.54, 1.807) is 31.3 Å². The summed E-state index contributed by atoms with van der Waals surface area (Å²) in [6, 6.07) is 7.07. The number of nitro benzene ring substituents is 1. The molecule has 1 N–H and O–H groups in total. The molecule has 0 radical (unpaired) electrons. The topological polar surface area (TPSA) is 71.8 Å². The van der Waals surface area contributed by atoms with Gasteiger partial charge in [0, 0.05) is 34.1 Å². The standard InChI is InChI=1S/C17H18ClN3O2Si/c1-10-5-6-11(9-13(10)21(22)23)14-15-12(18)7-8-19-16(15)20-17(14)24(2,3)4/h5-9H,1-4H3,(H,19,20). The Kier molecular flexibility index (Phi) is 3.97. The molecule has 0 saturated heterocycles. The Balaban J connectivity index is 2.41. The SMILES string of the molecule is Cc1ccc(-c2c([Si](C)(C)C)[nH]c3nccc(Cl)c23)cc1[N+](=O)[O-]. The molecule has 124 valence electrons. The van der Waals surface area contributed by atoms with Crippen molar-refractivity contribution >= 4 is 41.7 Å². The monoisotopic (exact) mass is 359 g/mol. The molecule has 0 spiro atoms. The summed E-state index contributed by atoms with van der Waals surface area (Å²) >= 11 is 6.43. The van der Waals surface area contributed by atoms with Crippen LogP contribution < -0.4 is 5.32 Å². The zero-order chi connectivity index (χ0) is 17.6. The Morgan fingerprint density at radius 2 is 1.96 bits per heavy atom. The summed E-state index contributed by atoms with van der Waals surface area (Å²) in [6.45, 7) is 8.40. The number of nitrogens with zero attached hydrogens (tertiary/aromatic N) is 2. The molecule has 5 nitrogen and oxygen atoms in total. The Morgan fingerprint density at radius 3 is 2.58 bits per heavy atom. The largest absolute Gasteiger partial charge is 0.347 e. The fraction of sp³-hybridized carbons (Fsp3) is 0.235. The predicted molar refractivity (Wildman–Crippen MR) is 101 cm³/mol. The lowest BCUT2D eigenvalue weighted by Gasteiger charge is -2.17. The molecule has 0 unspecified atom stereocenters. The van der Waals surface area contributed by atoms with E-state index in [9.17, 15) is 10.1 Å². The number of benzene rings is 1. The van der Waals surface area contributed by atoms with Crippen LogP contribution in [0.5, 0.6) is 0 Å². The van der Waals surface area contributed by atoms with Gasteiger partial charge in [0.05, 0.1) is 18.0 Å². The van der Waals surface area contributed by atoms with Gasteiger partial charge in [-0.2, -0.15) is 0 Å². The maximum absolute atomic E-state index is 11.3. The lowest BCUT2D eigenvalue weighted by atomic mass is 10.0. The van der Waals surface area contributed by atoms with Gasteiger partial charge in [0.1, 0.15) is 5.65 Å². The van der Waals surface area contributed by atoms with E-state index in [1.165, 1.54) is 0 Å². The third kappa shape index (κ3) is 2.72. The molecule has 0 amide bonds. The summed E-state index contributed by atoms with van der Waals surface area (Å²) in [5, 5.41) is 13.8. The van der Waals surface area contributed by atoms with Crippen molar-refractivity contribution in [1.82, 2.24) is 9.97 Å². The normalized spacial score (nSPS) is 11.9. The van der Waals surface area contributed by atoms with E-state index < -0.39 is 8.07 Å². The van der Waals surface area contributed by atoms with Crippen molar-refractivity contribution in [2.24, 2.45) is 0 Å². The van der Waals surface area contributed by atoms with Gasteiger partial charge < -0.3 is 4.98 Å². The summed E-state index contributed by atoms with van der Waals surface area (Å²) < 4.78 is 0. The van der Waals surface area contributed by atoms with Crippen molar-refractivity contribution < 1.29 is 4.92 Å². The first kappa shape index (κ1) is 16.7. The van der Waals surface area contributed by atoms with Crippen LogP contribution in [0.25, 0.3) is 22.2 Å². The number of hydrogen-bond acceptors (Lipinski definition) is 3. The average molecular weight is 360 g/mol. The van der Waals surface area contributed by atoms with Crippen LogP contribution in [0.15, 0.2) is 30.5 Å². The molecule has 0 aliphatic heterocycles. The molecule has 0 bridgehead atoms. The molecule has 0 aliphatic rings. The molecule has 24 heavy (non-hydrogen) atoms. The van der Waals surface area contributed by atoms with Crippen LogP contribution in [0, 0.1) is 17.0 Å². The van der Waals surface area contributed by atoms with Gasteiger partial charge in [-0.05, 0) is 18.6 Å². The zero-order valence-corrected chi connectivity index (χ0v) is 15.7. The van der Waals surface area contributed by atoms with Crippen LogP contribution in [-0.4, -0.2) is 23.0 Å². The van der Waals surface area contributed by atoms with Crippen molar-refractivity contribution in [2.45, 2.75) is 26.6 Å². The highest BCUT2D eigenvalue weighted by atomic mass is 35.5. The number of rotatable bonds is 3. The predicted octanol–water partition coefficient (Wildman–Crippen LogP) is 4.65. The first-order chi connectivity index (χ1) is 11.2. The van der Waals surface area contributed by atoms with Gasteiger partial charge in [-0.15, -0.1) is 0 Å². The number of aromatic nitrogens is 2. The molecule has 0 atom stereocenters. The summed E-state index contributed by atoms with van der Waals surface area (Å²) in [6.07, 6.45) is 1.66. The second kappa shape index (κ2) is 5.72. The minimum atomic E-state index is -1.75. The molecular weight excluding hydrogens is 342 g/mol. The molecule has 2 heterocycles. The first-order valence-electron chi connectivity index (χ1n) is 7.62. The molecule has 0 aliphatic carbocycles. The number of aryl methyl sites for hydroxylation is 1. The van der Waals surface area contributed by atoms with Gasteiger partial charge in [-0.25, -0.2) is 4.98 Å². The Hall–Kier alpha value is -2.18. The zero-order valence-electron chi connectivity index (χ0n) is 14.0. The van der Waals surface area contributed by atoms with E-state index in [-0.39, 0.29) is 10.6 Å². The Labute approximate surface area is 145 Å². The van der Waals surface area contributed by atoms with E-state index in [4.69, 9.17) is 11.6 Å². The molecule has 0 fully saturated rings. The van der Waals surface area contributed by atoms with Crippen LogP contribution in [0.4, 0.5) is 5.69 Å². The highest BCUT2D eigenvalue weighted by Gasteiger charge is 2.27. The van der Waals surface area contributed by atoms with E-state index in [0.29, 0.717) is 10.6 Å². The smallest absolute Gasteiger partial charge is 0.272 e. The number of nitrogens with one attached hydrogen (secondary N) is 1. The number of aromatic amines is 1. The minimum absolute atomic E-state index is 0.114. The molecule has 0 saturated carbocycles. The molecular formula is C17H18ClN3O2Si. The molecule has 1 aromatic carbocycles. The maximum Gasteiger partial charge on any atom is 0.272 e. The highest BCUT2D eigenvalue weighted by Crippen LogP contribution is 2.35. The lowest BCUT2D eigenvalue weighted by molar-refractivity contribution is -0.385. The van der Waals surface area contributed by atoms with Gasteiger partial charge in [0.25, 0.3) is 5.69 Å². The minimum Gasteiger partial charge on any atom is -0.347 e. The Morgan fingerprint density at radius 1 is 1.25 bits per heavy atom. The molecule has 7 heteroatoms. The lowest BCUT2D eigenvalue weighted by Crippen LogP contribution is -2.39. The van der Waals surface area contributed by atoms with Gasteiger partial charge in [-0.1, -0.05) is 43.4 Å². The quantitative estimate of drug-likeness (QED) is 0.420. The van der Waals surface area contributed by atoms with Crippen LogP contribution in [-0.2, 0) is 0 Å². The fourth-order valence-corrected chi connectivity index (χ4v) is 4.64. The highest BCUT2D eigenvalue weighted by molar-refractivity contribution is 6.89. The van der Waals surface area contributed by atoms with Gasteiger partial charge in [0.2, 0.25) is 0 Å². The second-order valence-corrected chi connectivity index (χ2v) is 12.3. The number of pyridine rings is 1. The van der Waals surface area contributed by atoms with Crippen molar-refractivity contribution in [2.75, 3.05) is 0 Å².